The molecule has 0 saturated carbocycles. The lowest BCUT2D eigenvalue weighted by molar-refractivity contribution is -1.09. The second-order valence-electron chi connectivity index (χ2n) is 10.0. The first kappa shape index (κ1) is 21.2. The van der Waals surface area contributed by atoms with Gasteiger partial charge in [-0.15, -0.1) is 0 Å². The standard InChI is InChI=1S/C23H34N4O3S/c1-18(2)25-23-6-5-20-4-3-19(15-21(20)22(23)17-31(25,28)29)16-27-10-7-26(8-11-27,9-12-27)13-14-30-24/h3-6,15,18H,7-14,16-17,24H2,1-2H3/q+2. The maximum absolute atomic E-state index is 12.8. The topological polar surface area (TPSA) is 72.6 Å². The third-order valence-electron chi connectivity index (χ3n) is 7.85. The lowest BCUT2D eigenvalue weighted by atomic mass is 9.99. The molecule has 2 aromatic rings. The number of nitrogens with two attached hydrogens (primary N) is 1. The van der Waals surface area contributed by atoms with E-state index < -0.39 is 10.0 Å². The summed E-state index contributed by atoms with van der Waals surface area (Å²) in [5.74, 6) is 5.37. The van der Waals surface area contributed by atoms with Crippen molar-refractivity contribution in [1.82, 2.24) is 0 Å². The summed E-state index contributed by atoms with van der Waals surface area (Å²) in [6, 6.07) is 10.6. The molecule has 4 aliphatic heterocycles. The molecule has 0 aromatic heterocycles. The molecule has 2 N–H and O–H groups in total. The number of rotatable bonds is 6. The molecular weight excluding hydrogens is 412 g/mol. The van der Waals surface area contributed by atoms with Crippen molar-refractivity contribution in [3.8, 4) is 0 Å². The minimum atomic E-state index is -3.29. The van der Waals surface area contributed by atoms with E-state index in [4.69, 9.17) is 10.7 Å². The van der Waals surface area contributed by atoms with Crippen molar-refractivity contribution in [3.05, 3.63) is 41.5 Å². The fraction of sp³-hybridized carbons (Fsp3) is 0.565. The summed E-state index contributed by atoms with van der Waals surface area (Å²) in [7, 11) is -3.29. The monoisotopic (exact) mass is 446 g/mol. The van der Waals surface area contributed by atoms with Crippen molar-refractivity contribution < 1.29 is 22.2 Å². The third kappa shape index (κ3) is 3.54. The van der Waals surface area contributed by atoms with E-state index in [1.807, 2.05) is 19.9 Å². The number of benzene rings is 2. The van der Waals surface area contributed by atoms with Crippen LogP contribution in [0, 0.1) is 0 Å². The lowest BCUT2D eigenvalue weighted by Gasteiger charge is -2.55. The first-order valence-electron chi connectivity index (χ1n) is 11.4. The van der Waals surface area contributed by atoms with Crippen LogP contribution in [0.15, 0.2) is 30.3 Å². The highest BCUT2D eigenvalue weighted by Crippen LogP contribution is 2.40. The summed E-state index contributed by atoms with van der Waals surface area (Å²) in [6.07, 6.45) is 0. The number of sulfonamides is 1. The van der Waals surface area contributed by atoms with Gasteiger partial charge in [0.25, 0.3) is 0 Å². The van der Waals surface area contributed by atoms with Gasteiger partial charge >= 0.3 is 0 Å². The summed E-state index contributed by atoms with van der Waals surface area (Å²) < 4.78 is 29.5. The van der Waals surface area contributed by atoms with Gasteiger partial charge < -0.3 is 8.97 Å². The largest absolute Gasteiger partial charge is 0.308 e. The second-order valence-corrected chi connectivity index (χ2v) is 11.9. The van der Waals surface area contributed by atoms with Gasteiger partial charge in [-0.1, -0.05) is 18.2 Å². The normalized spacial score (nSPS) is 29.1. The molecule has 0 unspecified atom stereocenters. The molecule has 8 heteroatoms. The first-order chi connectivity index (χ1) is 14.8. The van der Waals surface area contributed by atoms with Gasteiger partial charge in [0.05, 0.1) is 11.4 Å². The van der Waals surface area contributed by atoms with E-state index in [0.29, 0.717) is 6.61 Å². The van der Waals surface area contributed by atoms with Crippen LogP contribution in [0.2, 0.25) is 0 Å². The van der Waals surface area contributed by atoms with Gasteiger partial charge in [-0.05, 0) is 36.8 Å². The molecule has 31 heavy (non-hydrogen) atoms. The van der Waals surface area contributed by atoms with E-state index in [1.165, 1.54) is 44.8 Å². The van der Waals surface area contributed by atoms with E-state index >= 15 is 0 Å². The quantitative estimate of drug-likeness (QED) is 0.544. The van der Waals surface area contributed by atoms with Gasteiger partial charge in [0.15, 0.2) is 0 Å². The smallest absolute Gasteiger partial charge is 0.239 e. The maximum atomic E-state index is 12.8. The molecule has 2 aromatic carbocycles. The molecule has 0 spiro atoms. The fourth-order valence-electron chi connectivity index (χ4n) is 6.02. The number of fused-ring (bicyclic) bond motifs is 6. The molecule has 0 amide bonds. The van der Waals surface area contributed by atoms with Crippen molar-refractivity contribution >= 4 is 26.5 Å². The predicted octanol–water partition coefficient (Wildman–Crippen LogP) is 1.95. The summed E-state index contributed by atoms with van der Waals surface area (Å²) in [6.45, 7) is 13.7. The molecule has 0 radical (unpaired) electrons. The number of hydrogen-bond donors (Lipinski definition) is 1. The summed E-state index contributed by atoms with van der Waals surface area (Å²) >= 11 is 0. The van der Waals surface area contributed by atoms with Crippen LogP contribution < -0.4 is 10.2 Å². The van der Waals surface area contributed by atoms with Gasteiger partial charge in [0.2, 0.25) is 10.0 Å². The number of piperazine rings is 3. The zero-order valence-electron chi connectivity index (χ0n) is 18.6. The SMILES string of the molecule is CC(C)N1c2ccc3ccc(C[N+]45CC[N+](CCON)(CC4)CC5)cc3c2CS1(=O)=O. The van der Waals surface area contributed by atoms with Crippen molar-refractivity contribution in [2.24, 2.45) is 5.90 Å². The Morgan fingerprint density at radius 2 is 1.68 bits per heavy atom. The van der Waals surface area contributed by atoms with Crippen LogP contribution >= 0.6 is 0 Å². The van der Waals surface area contributed by atoms with E-state index in [2.05, 4.69) is 24.3 Å². The van der Waals surface area contributed by atoms with Crippen molar-refractivity contribution in [2.45, 2.75) is 32.2 Å². The zero-order chi connectivity index (χ0) is 21.9. The van der Waals surface area contributed by atoms with Crippen LogP contribution in [-0.4, -0.2) is 75.8 Å². The molecule has 0 aliphatic carbocycles. The molecule has 0 atom stereocenters. The Morgan fingerprint density at radius 3 is 2.32 bits per heavy atom. The van der Waals surface area contributed by atoms with Gasteiger partial charge in [-0.25, -0.2) is 14.3 Å². The number of hydrogen-bond acceptors (Lipinski definition) is 4. The molecule has 3 fully saturated rings. The van der Waals surface area contributed by atoms with Gasteiger partial charge in [0.1, 0.15) is 59.0 Å². The Balaban J connectivity index is 1.43. The van der Waals surface area contributed by atoms with Gasteiger partial charge in [-0.2, -0.15) is 0 Å². The Labute approximate surface area is 185 Å². The van der Waals surface area contributed by atoms with Crippen molar-refractivity contribution in [3.63, 3.8) is 0 Å². The van der Waals surface area contributed by atoms with E-state index in [-0.39, 0.29) is 11.8 Å². The Hall–Kier alpha value is -1.71. The number of quaternary nitrogens is 2. The fourth-order valence-corrected chi connectivity index (χ4v) is 7.95. The summed E-state index contributed by atoms with van der Waals surface area (Å²) in [4.78, 5) is 4.86. The average Bonchev–Trinajstić information content (AvgIpc) is 3.04. The second kappa shape index (κ2) is 7.42. The van der Waals surface area contributed by atoms with E-state index in [9.17, 15) is 8.42 Å². The molecule has 6 rings (SSSR count). The Bertz CT molecular complexity index is 1090. The molecule has 2 bridgehead atoms. The lowest BCUT2D eigenvalue weighted by Crippen LogP contribution is -2.75. The maximum Gasteiger partial charge on any atom is 0.239 e. The molecule has 7 nitrogen and oxygen atoms in total. The zero-order valence-corrected chi connectivity index (χ0v) is 19.4. The van der Waals surface area contributed by atoms with Crippen LogP contribution in [-0.2, 0) is 27.2 Å². The molecule has 168 valence electrons. The molecular formula is C23H34N4O3S+2. The molecule has 4 aliphatic rings. The summed E-state index contributed by atoms with van der Waals surface area (Å²) in [5, 5.41) is 2.22. The van der Waals surface area contributed by atoms with Crippen molar-refractivity contribution in [2.75, 3.05) is 56.7 Å². The van der Waals surface area contributed by atoms with Crippen LogP contribution in [0.25, 0.3) is 10.8 Å². The van der Waals surface area contributed by atoms with Crippen molar-refractivity contribution in [1.29, 1.82) is 0 Å². The first-order valence-corrected chi connectivity index (χ1v) is 13.0. The number of nitrogens with zero attached hydrogens (tertiary/aromatic N) is 3. The Morgan fingerprint density at radius 1 is 1.03 bits per heavy atom. The van der Waals surface area contributed by atoms with Gasteiger partial charge in [0, 0.05) is 17.2 Å². The van der Waals surface area contributed by atoms with Crippen LogP contribution in [0.3, 0.4) is 0 Å². The average molecular weight is 447 g/mol. The van der Waals surface area contributed by atoms with Crippen LogP contribution in [0.4, 0.5) is 5.69 Å². The highest BCUT2D eigenvalue weighted by molar-refractivity contribution is 7.92. The van der Waals surface area contributed by atoms with E-state index in [0.717, 1.165) is 44.1 Å². The Kier molecular flexibility index (Phi) is 5.06. The summed E-state index contributed by atoms with van der Waals surface area (Å²) in [5.41, 5.74) is 3.13. The van der Waals surface area contributed by atoms with E-state index in [1.54, 1.807) is 4.31 Å². The minimum absolute atomic E-state index is 0.0741. The molecule has 4 heterocycles. The van der Waals surface area contributed by atoms with Crippen LogP contribution in [0.5, 0.6) is 0 Å². The van der Waals surface area contributed by atoms with Crippen LogP contribution in [0.1, 0.15) is 25.0 Å². The minimum Gasteiger partial charge on any atom is -0.308 e. The molecule has 3 saturated heterocycles. The number of anilines is 1. The van der Waals surface area contributed by atoms with Gasteiger partial charge in [-0.3, -0.25) is 9.14 Å². The third-order valence-corrected chi connectivity index (χ3v) is 9.72. The highest BCUT2D eigenvalue weighted by atomic mass is 32.2. The highest BCUT2D eigenvalue weighted by Gasteiger charge is 2.48. The predicted molar refractivity (Wildman–Crippen MR) is 123 cm³/mol.